The SMILES string of the molecule is O=C(NCCc1coc(-c2ccccc2)n1)c1cccc(Cl)c1F. The Morgan fingerprint density at radius 1 is 1.17 bits per heavy atom. The van der Waals surface area contributed by atoms with E-state index in [0.717, 1.165) is 5.56 Å². The van der Waals surface area contributed by atoms with Gasteiger partial charge in [-0.15, -0.1) is 0 Å². The number of nitrogens with one attached hydrogen (secondary N) is 1. The van der Waals surface area contributed by atoms with E-state index in [1.807, 2.05) is 30.3 Å². The summed E-state index contributed by atoms with van der Waals surface area (Å²) in [5.74, 6) is -0.705. The Morgan fingerprint density at radius 3 is 2.75 bits per heavy atom. The second-order valence-electron chi connectivity index (χ2n) is 5.12. The number of hydrogen-bond donors (Lipinski definition) is 1. The Labute approximate surface area is 143 Å². The zero-order valence-electron chi connectivity index (χ0n) is 12.6. The lowest BCUT2D eigenvalue weighted by molar-refractivity contribution is 0.0950. The van der Waals surface area contributed by atoms with Crippen LogP contribution in [0, 0.1) is 5.82 Å². The summed E-state index contributed by atoms with van der Waals surface area (Å²) in [5, 5.41) is 2.57. The van der Waals surface area contributed by atoms with Crippen molar-refractivity contribution < 1.29 is 13.6 Å². The summed E-state index contributed by atoms with van der Waals surface area (Å²) in [7, 11) is 0. The molecule has 0 aliphatic rings. The number of oxazole rings is 1. The molecule has 1 N–H and O–H groups in total. The molecule has 0 fully saturated rings. The van der Waals surface area contributed by atoms with Gasteiger partial charge in [0.05, 0.1) is 16.3 Å². The van der Waals surface area contributed by atoms with Gasteiger partial charge in [-0.25, -0.2) is 9.37 Å². The monoisotopic (exact) mass is 344 g/mol. The van der Waals surface area contributed by atoms with Gasteiger partial charge in [0, 0.05) is 18.5 Å². The number of hydrogen-bond acceptors (Lipinski definition) is 3. The average Bonchev–Trinajstić information content (AvgIpc) is 3.07. The van der Waals surface area contributed by atoms with Gasteiger partial charge in [-0.3, -0.25) is 4.79 Å². The molecular formula is C18H14ClFN2O2. The molecule has 0 unspecified atom stereocenters. The van der Waals surface area contributed by atoms with E-state index in [2.05, 4.69) is 10.3 Å². The van der Waals surface area contributed by atoms with E-state index >= 15 is 0 Å². The molecule has 6 heteroatoms. The number of aromatic nitrogens is 1. The predicted molar refractivity (Wildman–Crippen MR) is 89.4 cm³/mol. The molecular weight excluding hydrogens is 331 g/mol. The van der Waals surface area contributed by atoms with Crippen LogP contribution in [-0.4, -0.2) is 17.4 Å². The zero-order valence-corrected chi connectivity index (χ0v) is 13.4. The third kappa shape index (κ3) is 3.63. The van der Waals surface area contributed by atoms with Gasteiger partial charge in [0.25, 0.3) is 5.91 Å². The van der Waals surface area contributed by atoms with E-state index in [-0.39, 0.29) is 10.6 Å². The largest absolute Gasteiger partial charge is 0.444 e. The maximum absolute atomic E-state index is 13.8. The van der Waals surface area contributed by atoms with Crippen molar-refractivity contribution in [3.8, 4) is 11.5 Å². The van der Waals surface area contributed by atoms with E-state index in [9.17, 15) is 9.18 Å². The van der Waals surface area contributed by atoms with Crippen molar-refractivity contribution in [2.24, 2.45) is 0 Å². The van der Waals surface area contributed by atoms with E-state index in [1.54, 1.807) is 6.26 Å². The number of carbonyl (C=O) groups excluding carboxylic acids is 1. The van der Waals surface area contributed by atoms with Crippen LogP contribution in [0.2, 0.25) is 5.02 Å². The van der Waals surface area contributed by atoms with Crippen molar-refractivity contribution in [1.82, 2.24) is 10.3 Å². The van der Waals surface area contributed by atoms with Crippen molar-refractivity contribution in [1.29, 1.82) is 0 Å². The van der Waals surface area contributed by atoms with Crippen molar-refractivity contribution in [2.75, 3.05) is 6.54 Å². The third-order valence-corrected chi connectivity index (χ3v) is 3.73. The van der Waals surface area contributed by atoms with Crippen molar-refractivity contribution in [3.63, 3.8) is 0 Å². The molecule has 0 aliphatic heterocycles. The second-order valence-corrected chi connectivity index (χ2v) is 5.52. The summed E-state index contributed by atoms with van der Waals surface area (Å²) in [6, 6.07) is 13.8. The van der Waals surface area contributed by atoms with Gasteiger partial charge in [0.15, 0.2) is 5.82 Å². The molecule has 122 valence electrons. The van der Waals surface area contributed by atoms with Crippen LogP contribution in [-0.2, 0) is 6.42 Å². The zero-order chi connectivity index (χ0) is 16.9. The van der Waals surface area contributed by atoms with Crippen LogP contribution < -0.4 is 5.32 Å². The predicted octanol–water partition coefficient (Wildman–Crippen LogP) is 4.11. The molecule has 0 aliphatic carbocycles. The molecule has 3 rings (SSSR count). The number of benzene rings is 2. The van der Waals surface area contributed by atoms with Crippen molar-refractivity contribution in [2.45, 2.75) is 6.42 Å². The van der Waals surface area contributed by atoms with Crippen LogP contribution in [0.3, 0.4) is 0 Å². The Balaban J connectivity index is 1.58. The van der Waals surface area contributed by atoms with Gasteiger partial charge < -0.3 is 9.73 Å². The number of halogens is 2. The fraction of sp³-hybridized carbons (Fsp3) is 0.111. The van der Waals surface area contributed by atoms with Crippen molar-refractivity contribution >= 4 is 17.5 Å². The number of amides is 1. The minimum absolute atomic E-state index is 0.0763. The van der Waals surface area contributed by atoms with E-state index in [0.29, 0.717) is 24.6 Å². The van der Waals surface area contributed by atoms with Gasteiger partial charge in [-0.1, -0.05) is 35.9 Å². The lowest BCUT2D eigenvalue weighted by Crippen LogP contribution is -2.26. The Hall–Kier alpha value is -2.66. The number of carbonyl (C=O) groups is 1. The van der Waals surface area contributed by atoms with E-state index < -0.39 is 11.7 Å². The molecule has 4 nitrogen and oxygen atoms in total. The Morgan fingerprint density at radius 2 is 1.96 bits per heavy atom. The van der Waals surface area contributed by atoms with Gasteiger partial charge in [0.1, 0.15) is 6.26 Å². The van der Waals surface area contributed by atoms with Crippen LogP contribution in [0.1, 0.15) is 16.1 Å². The molecule has 24 heavy (non-hydrogen) atoms. The Bertz CT molecular complexity index is 849. The third-order valence-electron chi connectivity index (χ3n) is 3.44. The Kier molecular flexibility index (Phi) is 4.91. The lowest BCUT2D eigenvalue weighted by Gasteiger charge is -2.05. The summed E-state index contributed by atoms with van der Waals surface area (Å²) in [4.78, 5) is 16.3. The first-order chi connectivity index (χ1) is 11.6. The van der Waals surface area contributed by atoms with Crippen LogP contribution in [0.5, 0.6) is 0 Å². The molecule has 1 heterocycles. The highest BCUT2D eigenvalue weighted by Crippen LogP contribution is 2.19. The molecule has 0 atom stereocenters. The average molecular weight is 345 g/mol. The summed E-state index contributed by atoms with van der Waals surface area (Å²) in [6.45, 7) is 0.311. The number of rotatable bonds is 5. The summed E-state index contributed by atoms with van der Waals surface area (Å²) in [6.07, 6.45) is 2.03. The number of nitrogens with zero attached hydrogens (tertiary/aromatic N) is 1. The van der Waals surface area contributed by atoms with Crippen LogP contribution in [0.4, 0.5) is 4.39 Å². The first-order valence-electron chi connectivity index (χ1n) is 7.37. The minimum atomic E-state index is -0.718. The highest BCUT2D eigenvalue weighted by atomic mass is 35.5. The topological polar surface area (TPSA) is 55.1 Å². The van der Waals surface area contributed by atoms with E-state index in [4.69, 9.17) is 16.0 Å². The molecule has 0 saturated carbocycles. The van der Waals surface area contributed by atoms with Crippen LogP contribution >= 0.6 is 11.6 Å². The molecule has 0 radical (unpaired) electrons. The normalized spacial score (nSPS) is 10.6. The summed E-state index contributed by atoms with van der Waals surface area (Å²) in [5.41, 5.74) is 1.52. The summed E-state index contributed by atoms with van der Waals surface area (Å²) < 4.78 is 19.2. The molecule has 0 bridgehead atoms. The van der Waals surface area contributed by atoms with Crippen LogP contribution in [0.25, 0.3) is 11.5 Å². The van der Waals surface area contributed by atoms with Gasteiger partial charge in [-0.2, -0.15) is 0 Å². The van der Waals surface area contributed by atoms with Crippen molar-refractivity contribution in [3.05, 3.63) is 76.9 Å². The maximum atomic E-state index is 13.8. The molecule has 0 spiro atoms. The highest BCUT2D eigenvalue weighted by Gasteiger charge is 2.14. The standard InChI is InChI=1S/C18H14ClFN2O2/c19-15-8-4-7-14(16(15)20)17(23)21-10-9-13-11-24-18(22-13)12-5-2-1-3-6-12/h1-8,11H,9-10H2,(H,21,23). The fourth-order valence-electron chi connectivity index (χ4n) is 2.21. The molecule has 1 amide bonds. The van der Waals surface area contributed by atoms with E-state index in [1.165, 1.54) is 18.2 Å². The lowest BCUT2D eigenvalue weighted by atomic mass is 10.2. The second kappa shape index (κ2) is 7.27. The van der Waals surface area contributed by atoms with Crippen LogP contribution in [0.15, 0.2) is 59.2 Å². The first kappa shape index (κ1) is 16.2. The van der Waals surface area contributed by atoms with Gasteiger partial charge in [0.2, 0.25) is 5.89 Å². The fourth-order valence-corrected chi connectivity index (χ4v) is 2.39. The first-order valence-corrected chi connectivity index (χ1v) is 7.75. The van der Waals surface area contributed by atoms with Gasteiger partial charge in [-0.05, 0) is 24.3 Å². The smallest absolute Gasteiger partial charge is 0.254 e. The molecule has 0 saturated heterocycles. The minimum Gasteiger partial charge on any atom is -0.444 e. The van der Waals surface area contributed by atoms with Gasteiger partial charge >= 0.3 is 0 Å². The molecule has 1 aromatic heterocycles. The quantitative estimate of drug-likeness (QED) is 0.758. The molecule has 2 aromatic carbocycles. The highest BCUT2D eigenvalue weighted by molar-refractivity contribution is 6.31. The summed E-state index contributed by atoms with van der Waals surface area (Å²) >= 11 is 5.67. The molecule has 3 aromatic rings. The maximum Gasteiger partial charge on any atom is 0.254 e.